The van der Waals surface area contributed by atoms with Crippen LogP contribution >= 0.6 is 11.6 Å². The lowest BCUT2D eigenvalue weighted by molar-refractivity contribution is 0.181. The van der Waals surface area contributed by atoms with Crippen LogP contribution in [0.3, 0.4) is 0 Å². The molecular formula is C13H11ClN6O2. The van der Waals surface area contributed by atoms with Crippen LogP contribution in [0.5, 0.6) is 5.75 Å². The zero-order valence-corrected chi connectivity index (χ0v) is 11.9. The van der Waals surface area contributed by atoms with E-state index in [-0.39, 0.29) is 29.6 Å². The van der Waals surface area contributed by atoms with E-state index in [1.54, 1.807) is 24.3 Å². The van der Waals surface area contributed by atoms with Gasteiger partial charge in [0.1, 0.15) is 12.4 Å². The van der Waals surface area contributed by atoms with Crippen molar-refractivity contribution in [2.75, 3.05) is 5.73 Å². The van der Waals surface area contributed by atoms with Gasteiger partial charge in [0.15, 0.2) is 11.5 Å². The fourth-order valence-electron chi connectivity index (χ4n) is 1.86. The van der Waals surface area contributed by atoms with Gasteiger partial charge in [-0.15, -0.1) is 0 Å². The molecule has 112 valence electrons. The van der Waals surface area contributed by atoms with Crippen molar-refractivity contribution in [3.8, 4) is 17.3 Å². The van der Waals surface area contributed by atoms with Gasteiger partial charge in [-0.1, -0.05) is 11.6 Å². The third-order valence-corrected chi connectivity index (χ3v) is 3.09. The third kappa shape index (κ3) is 2.77. The Morgan fingerprint density at radius 2 is 1.95 bits per heavy atom. The van der Waals surface area contributed by atoms with Crippen LogP contribution in [-0.4, -0.2) is 24.9 Å². The Hall–Kier alpha value is -2.87. The molecule has 0 atom stereocenters. The summed E-state index contributed by atoms with van der Waals surface area (Å²) in [5.74, 6) is 0.695. The first-order chi connectivity index (χ1) is 10.5. The fraction of sp³-hybridized carbons (Fsp3) is 0.0769. The Kier molecular flexibility index (Phi) is 3.51. The first-order valence-electron chi connectivity index (χ1n) is 6.21. The number of rotatable bonds is 3. The van der Waals surface area contributed by atoms with Crippen molar-refractivity contribution < 1.29 is 9.94 Å². The highest BCUT2D eigenvalue weighted by Gasteiger charge is 2.16. The zero-order chi connectivity index (χ0) is 15.7. The van der Waals surface area contributed by atoms with E-state index in [0.717, 1.165) is 4.73 Å². The van der Waals surface area contributed by atoms with E-state index in [4.69, 9.17) is 27.5 Å². The summed E-state index contributed by atoms with van der Waals surface area (Å²) >= 11 is 5.80. The van der Waals surface area contributed by atoms with Crippen LogP contribution in [0.15, 0.2) is 30.5 Å². The third-order valence-electron chi connectivity index (χ3n) is 2.84. The van der Waals surface area contributed by atoms with Crippen molar-refractivity contribution in [1.29, 1.82) is 5.41 Å². The van der Waals surface area contributed by atoms with Gasteiger partial charge in [0.05, 0.1) is 11.9 Å². The van der Waals surface area contributed by atoms with Gasteiger partial charge in [-0.2, -0.15) is 14.7 Å². The van der Waals surface area contributed by atoms with Gasteiger partial charge >= 0.3 is 0 Å². The molecule has 0 aromatic heterocycles. The molecular weight excluding hydrogens is 308 g/mol. The average molecular weight is 319 g/mol. The van der Waals surface area contributed by atoms with E-state index in [1.807, 2.05) is 0 Å². The Labute approximate surface area is 129 Å². The van der Waals surface area contributed by atoms with E-state index < -0.39 is 0 Å². The normalized spacial score (nSPS) is 10.8. The minimum Gasteiger partial charge on any atom is -0.487 e. The molecule has 2 aliphatic heterocycles. The molecule has 0 saturated carbocycles. The first-order valence-corrected chi connectivity index (χ1v) is 6.59. The summed E-state index contributed by atoms with van der Waals surface area (Å²) in [7, 11) is 0. The molecule has 9 heteroatoms. The summed E-state index contributed by atoms with van der Waals surface area (Å²) in [6, 6.07) is 6.86. The SMILES string of the molecule is N=c1nc(N)c2nc(COc3ccc(Cl)cc3)cn(O)c-2n1. The van der Waals surface area contributed by atoms with Crippen molar-refractivity contribution >= 4 is 17.4 Å². The number of hydrogen-bond acceptors (Lipinski definition) is 7. The lowest BCUT2D eigenvalue weighted by Crippen LogP contribution is -2.21. The van der Waals surface area contributed by atoms with Crippen molar-refractivity contribution in [3.05, 3.63) is 46.8 Å². The predicted octanol–water partition coefficient (Wildman–Crippen LogP) is 1.31. The van der Waals surface area contributed by atoms with Gasteiger partial charge in [0, 0.05) is 5.02 Å². The topological polar surface area (TPSA) is 123 Å². The smallest absolute Gasteiger partial charge is 0.246 e. The van der Waals surface area contributed by atoms with Gasteiger partial charge in [0.25, 0.3) is 0 Å². The summed E-state index contributed by atoms with van der Waals surface area (Å²) in [5, 5.41) is 17.9. The molecule has 0 fully saturated rings. The summed E-state index contributed by atoms with van der Waals surface area (Å²) in [6.45, 7) is 0.111. The highest BCUT2D eigenvalue weighted by molar-refractivity contribution is 6.30. The summed E-state index contributed by atoms with van der Waals surface area (Å²) in [4.78, 5) is 11.7. The first kappa shape index (κ1) is 14.1. The van der Waals surface area contributed by atoms with E-state index >= 15 is 0 Å². The maximum Gasteiger partial charge on any atom is 0.246 e. The van der Waals surface area contributed by atoms with Crippen LogP contribution in [0, 0.1) is 5.41 Å². The molecule has 0 spiro atoms. The van der Waals surface area contributed by atoms with Crippen LogP contribution < -0.4 is 16.1 Å². The van der Waals surface area contributed by atoms with Crippen LogP contribution in [-0.2, 0) is 6.61 Å². The maximum absolute atomic E-state index is 9.91. The number of nitrogens with zero attached hydrogens (tertiary/aromatic N) is 4. The number of nitrogens with one attached hydrogen (secondary N) is 1. The van der Waals surface area contributed by atoms with E-state index in [2.05, 4.69) is 15.0 Å². The summed E-state index contributed by atoms with van der Waals surface area (Å²) in [6.07, 6.45) is 1.34. The predicted molar refractivity (Wildman–Crippen MR) is 77.7 cm³/mol. The number of fused-ring (bicyclic) bond motifs is 1. The number of ether oxygens (including phenoxy) is 1. The van der Waals surface area contributed by atoms with E-state index in [9.17, 15) is 5.21 Å². The maximum atomic E-state index is 9.91. The summed E-state index contributed by atoms with van der Waals surface area (Å²) in [5.41, 5.74) is 6.05. The van der Waals surface area contributed by atoms with Gasteiger partial charge in [-0.3, -0.25) is 5.41 Å². The zero-order valence-electron chi connectivity index (χ0n) is 11.2. The molecule has 0 bridgehead atoms. The van der Waals surface area contributed by atoms with E-state index in [0.29, 0.717) is 16.5 Å². The Morgan fingerprint density at radius 3 is 2.68 bits per heavy atom. The molecule has 0 saturated heterocycles. The van der Waals surface area contributed by atoms with Gasteiger partial charge in [-0.25, -0.2) is 4.98 Å². The number of nitrogen functional groups attached to an aromatic ring is 1. The monoisotopic (exact) mass is 318 g/mol. The second kappa shape index (κ2) is 5.49. The molecule has 0 radical (unpaired) electrons. The number of nitrogens with two attached hydrogens (primary N) is 1. The number of aromatic nitrogens is 4. The van der Waals surface area contributed by atoms with Gasteiger partial charge < -0.3 is 15.7 Å². The largest absolute Gasteiger partial charge is 0.487 e. The minimum absolute atomic E-state index is 0.0196. The Bertz CT molecular complexity index is 848. The lowest BCUT2D eigenvalue weighted by atomic mass is 10.3. The molecule has 4 N–H and O–H groups in total. The lowest BCUT2D eigenvalue weighted by Gasteiger charge is -2.12. The van der Waals surface area contributed by atoms with Gasteiger partial charge in [-0.05, 0) is 24.3 Å². The molecule has 1 aromatic carbocycles. The summed E-state index contributed by atoms with van der Waals surface area (Å²) < 4.78 is 6.30. The molecule has 1 aromatic rings. The molecule has 3 rings (SSSR count). The number of benzene rings is 1. The van der Waals surface area contributed by atoms with Crippen LogP contribution in [0.2, 0.25) is 5.02 Å². The standard InChI is InChI=1S/C13H11ClN6O2/c14-7-1-3-9(4-2-7)22-6-8-5-20(21)12-10(17-8)11(15)18-13(16)19-12/h1-5,21H,6H2,(H3,15,16,18). The molecule has 2 heterocycles. The Morgan fingerprint density at radius 1 is 1.23 bits per heavy atom. The molecule has 8 nitrogen and oxygen atoms in total. The Balaban J connectivity index is 1.90. The fourth-order valence-corrected chi connectivity index (χ4v) is 1.99. The molecule has 0 unspecified atom stereocenters. The second-order valence-corrected chi connectivity index (χ2v) is 4.86. The van der Waals surface area contributed by atoms with Crippen molar-refractivity contribution in [2.24, 2.45) is 0 Å². The number of halogens is 1. The molecule has 0 aliphatic carbocycles. The number of hydrogen-bond donors (Lipinski definition) is 3. The van der Waals surface area contributed by atoms with Crippen LogP contribution in [0.25, 0.3) is 11.5 Å². The highest BCUT2D eigenvalue weighted by Crippen LogP contribution is 2.21. The van der Waals surface area contributed by atoms with Crippen LogP contribution in [0.1, 0.15) is 5.69 Å². The quantitative estimate of drug-likeness (QED) is 0.626. The highest BCUT2D eigenvalue weighted by atomic mass is 35.5. The number of anilines is 1. The average Bonchev–Trinajstić information content (AvgIpc) is 2.48. The molecule has 22 heavy (non-hydrogen) atoms. The molecule has 0 amide bonds. The van der Waals surface area contributed by atoms with Crippen LogP contribution in [0.4, 0.5) is 5.82 Å². The van der Waals surface area contributed by atoms with Gasteiger partial charge in [0.2, 0.25) is 11.4 Å². The van der Waals surface area contributed by atoms with E-state index in [1.165, 1.54) is 6.20 Å². The van der Waals surface area contributed by atoms with Crippen molar-refractivity contribution in [2.45, 2.75) is 6.61 Å². The molecule has 2 aliphatic rings. The van der Waals surface area contributed by atoms with Crippen molar-refractivity contribution in [1.82, 2.24) is 19.7 Å². The minimum atomic E-state index is -0.292. The second-order valence-electron chi connectivity index (χ2n) is 4.42. The van der Waals surface area contributed by atoms with Crippen molar-refractivity contribution in [3.63, 3.8) is 0 Å².